The van der Waals surface area contributed by atoms with Crippen molar-refractivity contribution >= 4 is 27.1 Å². The zero-order valence-electron chi connectivity index (χ0n) is 8.95. The maximum atomic E-state index is 9.06. The average Bonchev–Trinajstić information content (AvgIpc) is 2.94. The topological polar surface area (TPSA) is 73.1 Å². The Hall–Kier alpha value is -1.05. The minimum absolute atomic E-state index is 0.0573. The molecule has 0 saturated carbocycles. The Bertz CT molecular complexity index is 544. The van der Waals surface area contributed by atoms with E-state index in [1.165, 1.54) is 6.33 Å². The lowest BCUT2D eigenvalue weighted by atomic mass is 10.2. The van der Waals surface area contributed by atoms with Gasteiger partial charge in [0, 0.05) is 0 Å². The largest absolute Gasteiger partial charge is 0.394 e. The molecule has 0 aliphatic carbocycles. The van der Waals surface area contributed by atoms with Crippen LogP contribution in [0.2, 0.25) is 0 Å². The molecule has 0 unspecified atom stereocenters. The van der Waals surface area contributed by atoms with E-state index in [2.05, 4.69) is 30.9 Å². The molecule has 3 rings (SSSR count). The lowest BCUT2D eigenvalue weighted by Gasteiger charge is -2.13. The molecule has 1 aliphatic heterocycles. The zero-order valence-corrected chi connectivity index (χ0v) is 10.5. The molecule has 6 nitrogen and oxygen atoms in total. The molecule has 0 radical (unpaired) electrons. The molecule has 2 aromatic heterocycles. The number of nitrogens with zero attached hydrogens (tertiary/aromatic N) is 4. The van der Waals surface area contributed by atoms with E-state index in [1.807, 2.05) is 4.57 Å². The number of aliphatic hydroxyl groups excluding tert-OH is 1. The van der Waals surface area contributed by atoms with E-state index in [0.717, 1.165) is 24.0 Å². The summed E-state index contributed by atoms with van der Waals surface area (Å²) in [6.45, 7) is 0.0573. The Morgan fingerprint density at radius 1 is 1.41 bits per heavy atom. The Morgan fingerprint density at radius 2 is 2.29 bits per heavy atom. The third kappa shape index (κ3) is 1.84. The summed E-state index contributed by atoms with van der Waals surface area (Å²) in [5.41, 5.74) is 1.47. The van der Waals surface area contributed by atoms with Crippen LogP contribution in [-0.2, 0) is 4.74 Å². The van der Waals surface area contributed by atoms with Gasteiger partial charge in [0.05, 0.1) is 19.0 Å². The fraction of sp³-hybridized carbons (Fsp3) is 0.500. The lowest BCUT2D eigenvalue weighted by Crippen LogP contribution is -2.14. The number of hydrogen-bond acceptors (Lipinski definition) is 5. The van der Waals surface area contributed by atoms with Gasteiger partial charge in [0.15, 0.2) is 5.65 Å². The summed E-state index contributed by atoms with van der Waals surface area (Å²) in [5.74, 6) is 0. The highest BCUT2D eigenvalue weighted by atomic mass is 79.9. The van der Waals surface area contributed by atoms with Crippen molar-refractivity contribution in [3.8, 4) is 0 Å². The highest BCUT2D eigenvalue weighted by Crippen LogP contribution is 2.30. The Kier molecular flexibility index (Phi) is 2.81. The van der Waals surface area contributed by atoms with E-state index in [4.69, 9.17) is 9.84 Å². The van der Waals surface area contributed by atoms with Crippen LogP contribution in [0.1, 0.15) is 19.1 Å². The van der Waals surface area contributed by atoms with Crippen molar-refractivity contribution < 1.29 is 9.84 Å². The Balaban J connectivity index is 1.99. The summed E-state index contributed by atoms with van der Waals surface area (Å²) in [6.07, 6.45) is 4.73. The van der Waals surface area contributed by atoms with E-state index >= 15 is 0 Å². The predicted molar refractivity (Wildman–Crippen MR) is 63.3 cm³/mol. The average molecular weight is 299 g/mol. The molecular formula is C10H11BrN4O2. The number of rotatable bonds is 2. The summed E-state index contributed by atoms with van der Waals surface area (Å²) >= 11 is 3.34. The Morgan fingerprint density at radius 3 is 3.06 bits per heavy atom. The standard InChI is InChI=1S/C10H11BrN4O2/c11-9-8-10(13-4-12-9)15(5-14-8)7-2-1-6(3-16)17-7/h4-7,16H,1-3H2/t6-,7-/m0/s1. The normalized spacial score (nSPS) is 24.6. The van der Waals surface area contributed by atoms with Gasteiger partial charge in [0.25, 0.3) is 0 Å². The molecule has 0 amide bonds. The number of ether oxygens (including phenoxy) is 1. The van der Waals surface area contributed by atoms with Crippen molar-refractivity contribution in [2.24, 2.45) is 0 Å². The summed E-state index contributed by atoms with van der Waals surface area (Å²) in [6, 6.07) is 0. The molecule has 17 heavy (non-hydrogen) atoms. The van der Waals surface area contributed by atoms with Crippen LogP contribution < -0.4 is 0 Å². The summed E-state index contributed by atoms with van der Waals surface area (Å²) in [4.78, 5) is 12.5. The van der Waals surface area contributed by atoms with Crippen LogP contribution in [0.3, 0.4) is 0 Å². The van der Waals surface area contributed by atoms with Crippen molar-refractivity contribution in [2.75, 3.05) is 6.61 Å². The van der Waals surface area contributed by atoms with Gasteiger partial charge in [-0.2, -0.15) is 0 Å². The highest BCUT2D eigenvalue weighted by molar-refractivity contribution is 9.10. The molecule has 1 saturated heterocycles. The second-order valence-electron chi connectivity index (χ2n) is 3.96. The van der Waals surface area contributed by atoms with Crippen LogP contribution in [0.5, 0.6) is 0 Å². The van der Waals surface area contributed by atoms with Crippen LogP contribution in [0.4, 0.5) is 0 Å². The minimum Gasteiger partial charge on any atom is -0.394 e. The van der Waals surface area contributed by atoms with Gasteiger partial charge in [-0.15, -0.1) is 0 Å². The van der Waals surface area contributed by atoms with Crippen LogP contribution in [0, 0.1) is 0 Å². The summed E-state index contributed by atoms with van der Waals surface area (Å²) in [7, 11) is 0. The second kappa shape index (κ2) is 4.32. The molecule has 0 bridgehead atoms. The first-order chi connectivity index (χ1) is 8.29. The number of hydrogen-bond donors (Lipinski definition) is 1. The summed E-state index contributed by atoms with van der Waals surface area (Å²) < 4.78 is 8.27. The van der Waals surface area contributed by atoms with Crippen molar-refractivity contribution in [3.05, 3.63) is 17.3 Å². The van der Waals surface area contributed by atoms with Gasteiger partial charge >= 0.3 is 0 Å². The highest BCUT2D eigenvalue weighted by Gasteiger charge is 2.27. The predicted octanol–water partition coefficient (Wildman–Crippen LogP) is 1.26. The van der Waals surface area contributed by atoms with Crippen LogP contribution in [0.25, 0.3) is 11.2 Å². The van der Waals surface area contributed by atoms with Crippen LogP contribution in [0.15, 0.2) is 17.3 Å². The maximum Gasteiger partial charge on any atom is 0.166 e. The van der Waals surface area contributed by atoms with E-state index in [-0.39, 0.29) is 18.9 Å². The number of aliphatic hydroxyl groups is 1. The van der Waals surface area contributed by atoms with E-state index in [0.29, 0.717) is 4.60 Å². The first-order valence-electron chi connectivity index (χ1n) is 5.39. The van der Waals surface area contributed by atoms with E-state index < -0.39 is 0 Å². The fourth-order valence-electron chi connectivity index (χ4n) is 2.06. The molecule has 2 atom stereocenters. The minimum atomic E-state index is -0.0982. The smallest absolute Gasteiger partial charge is 0.166 e. The van der Waals surface area contributed by atoms with Gasteiger partial charge < -0.3 is 9.84 Å². The van der Waals surface area contributed by atoms with E-state index in [1.54, 1.807) is 6.33 Å². The molecular weight excluding hydrogens is 288 g/mol. The van der Waals surface area contributed by atoms with Crippen molar-refractivity contribution in [1.82, 2.24) is 19.5 Å². The van der Waals surface area contributed by atoms with Gasteiger partial charge in [-0.05, 0) is 28.8 Å². The van der Waals surface area contributed by atoms with Crippen LogP contribution >= 0.6 is 15.9 Å². The first kappa shape index (κ1) is 11.1. The van der Waals surface area contributed by atoms with Gasteiger partial charge in [-0.1, -0.05) is 0 Å². The van der Waals surface area contributed by atoms with Crippen molar-refractivity contribution in [3.63, 3.8) is 0 Å². The second-order valence-corrected chi connectivity index (χ2v) is 4.71. The first-order valence-corrected chi connectivity index (χ1v) is 6.18. The number of imidazole rings is 1. The molecule has 0 spiro atoms. The fourth-order valence-corrected chi connectivity index (χ4v) is 2.43. The van der Waals surface area contributed by atoms with Crippen molar-refractivity contribution in [2.45, 2.75) is 25.2 Å². The molecule has 0 aromatic carbocycles. The van der Waals surface area contributed by atoms with Crippen LogP contribution in [-0.4, -0.2) is 37.3 Å². The van der Waals surface area contributed by atoms with Crippen molar-refractivity contribution in [1.29, 1.82) is 0 Å². The third-order valence-electron chi connectivity index (χ3n) is 2.91. The number of fused-ring (bicyclic) bond motifs is 1. The SMILES string of the molecule is OC[C@@H]1CC[C@@H](n2cnc3c(Br)ncnc32)O1. The molecule has 90 valence electrons. The zero-order chi connectivity index (χ0) is 11.8. The third-order valence-corrected chi connectivity index (χ3v) is 3.49. The van der Waals surface area contributed by atoms with Gasteiger partial charge in [0.2, 0.25) is 0 Å². The molecule has 1 fully saturated rings. The molecule has 1 aliphatic rings. The van der Waals surface area contributed by atoms with Gasteiger partial charge in [0.1, 0.15) is 22.7 Å². The molecule has 7 heteroatoms. The molecule has 3 heterocycles. The molecule has 2 aromatic rings. The Labute approximate surface area is 106 Å². The van der Waals surface area contributed by atoms with E-state index in [9.17, 15) is 0 Å². The quantitative estimate of drug-likeness (QED) is 0.845. The van der Waals surface area contributed by atoms with Gasteiger partial charge in [-0.25, -0.2) is 15.0 Å². The summed E-state index contributed by atoms with van der Waals surface area (Å²) in [5, 5.41) is 9.06. The maximum absolute atomic E-state index is 9.06. The number of aromatic nitrogens is 4. The lowest BCUT2D eigenvalue weighted by molar-refractivity contribution is -0.0207. The van der Waals surface area contributed by atoms with Gasteiger partial charge in [-0.3, -0.25) is 4.57 Å². The molecule has 1 N–H and O–H groups in total. The monoisotopic (exact) mass is 298 g/mol. The number of halogens is 1.